The predicted molar refractivity (Wildman–Crippen MR) is 62.1 cm³/mol. The van der Waals surface area contributed by atoms with E-state index in [9.17, 15) is 9.59 Å². The molecule has 82 valence electrons. The molecule has 0 bridgehead atoms. The highest BCUT2D eigenvalue weighted by atomic mass is 79.9. The van der Waals surface area contributed by atoms with E-state index < -0.39 is 5.63 Å². The number of carbonyl (C=O) groups is 1. The minimum Gasteiger partial charge on any atom is -0.495 e. The van der Waals surface area contributed by atoms with Gasteiger partial charge in [0.25, 0.3) is 0 Å². The molecule has 0 aliphatic rings. The zero-order chi connectivity index (χ0) is 11.7. The van der Waals surface area contributed by atoms with Crippen molar-refractivity contribution >= 4 is 33.2 Å². The second-order valence-corrected chi connectivity index (χ2v) is 3.98. The Hall–Kier alpha value is -1.62. The number of hydrogen-bond donors (Lipinski definition) is 0. The molecule has 0 radical (unpaired) electrons. The Kier molecular flexibility index (Phi) is 2.78. The van der Waals surface area contributed by atoms with E-state index in [1.807, 2.05) is 0 Å². The first-order valence-electron chi connectivity index (χ1n) is 4.42. The summed E-state index contributed by atoms with van der Waals surface area (Å²) in [4.78, 5) is 22.0. The monoisotopic (exact) mass is 282 g/mol. The largest absolute Gasteiger partial charge is 0.495 e. The Labute approximate surface area is 99.0 Å². The standard InChI is InChI=1S/C11H7BrO4/c1-15-10-4-9-7(3-8(10)12)6(5-13)2-11(14)16-9/h2-5H,1H3. The fraction of sp³-hybridized carbons (Fsp3) is 0.0909. The van der Waals surface area contributed by atoms with Crippen LogP contribution in [0.25, 0.3) is 11.0 Å². The lowest BCUT2D eigenvalue weighted by molar-refractivity contribution is 0.112. The summed E-state index contributed by atoms with van der Waals surface area (Å²) in [6.45, 7) is 0. The first kappa shape index (κ1) is 10.9. The van der Waals surface area contributed by atoms with Gasteiger partial charge in [0.15, 0.2) is 6.29 Å². The van der Waals surface area contributed by atoms with Gasteiger partial charge in [-0.1, -0.05) is 0 Å². The van der Waals surface area contributed by atoms with Gasteiger partial charge >= 0.3 is 5.63 Å². The van der Waals surface area contributed by atoms with Crippen LogP contribution in [0.1, 0.15) is 10.4 Å². The van der Waals surface area contributed by atoms with Crippen LogP contribution >= 0.6 is 15.9 Å². The number of hydrogen-bond acceptors (Lipinski definition) is 4. The molecular weight excluding hydrogens is 276 g/mol. The molecule has 0 aliphatic carbocycles. The lowest BCUT2D eigenvalue weighted by atomic mass is 10.1. The predicted octanol–water partition coefficient (Wildman–Crippen LogP) is 2.38. The molecule has 0 atom stereocenters. The van der Waals surface area contributed by atoms with E-state index in [4.69, 9.17) is 9.15 Å². The van der Waals surface area contributed by atoms with Gasteiger partial charge in [0.05, 0.1) is 11.6 Å². The quantitative estimate of drug-likeness (QED) is 0.627. The van der Waals surface area contributed by atoms with Crippen molar-refractivity contribution in [2.45, 2.75) is 0 Å². The van der Waals surface area contributed by atoms with Crippen LogP contribution < -0.4 is 10.4 Å². The molecule has 2 aromatic rings. The average molecular weight is 283 g/mol. The van der Waals surface area contributed by atoms with Crippen molar-refractivity contribution < 1.29 is 13.9 Å². The summed E-state index contributed by atoms with van der Waals surface area (Å²) in [5.74, 6) is 0.540. The van der Waals surface area contributed by atoms with Gasteiger partial charge in [-0.05, 0) is 22.0 Å². The highest BCUT2D eigenvalue weighted by Gasteiger charge is 2.09. The first-order valence-corrected chi connectivity index (χ1v) is 5.21. The third-order valence-corrected chi connectivity index (χ3v) is 2.80. The van der Waals surface area contributed by atoms with Crippen LogP contribution in [0.2, 0.25) is 0 Å². The summed E-state index contributed by atoms with van der Waals surface area (Å²) < 4.78 is 10.7. The van der Waals surface area contributed by atoms with Crippen molar-refractivity contribution in [2.24, 2.45) is 0 Å². The number of rotatable bonds is 2. The molecule has 2 rings (SSSR count). The van der Waals surface area contributed by atoms with Crippen molar-refractivity contribution in [1.82, 2.24) is 0 Å². The van der Waals surface area contributed by atoms with Gasteiger partial charge < -0.3 is 9.15 Å². The molecule has 1 heterocycles. The van der Waals surface area contributed by atoms with Gasteiger partial charge in [0, 0.05) is 23.1 Å². The van der Waals surface area contributed by atoms with Crippen molar-refractivity contribution in [3.05, 3.63) is 38.7 Å². The third kappa shape index (κ3) is 1.74. The zero-order valence-electron chi connectivity index (χ0n) is 8.32. The Bertz CT molecular complexity index is 615. The number of carbonyl (C=O) groups excluding carboxylic acids is 1. The zero-order valence-corrected chi connectivity index (χ0v) is 9.91. The maximum atomic E-state index is 11.2. The highest BCUT2D eigenvalue weighted by molar-refractivity contribution is 9.10. The molecule has 1 aromatic carbocycles. The molecular formula is C11H7BrO4. The van der Waals surface area contributed by atoms with E-state index in [0.717, 1.165) is 6.07 Å². The maximum absolute atomic E-state index is 11.2. The number of ether oxygens (including phenoxy) is 1. The lowest BCUT2D eigenvalue weighted by Crippen LogP contribution is -2.00. The van der Waals surface area contributed by atoms with Crippen LogP contribution in [0, 0.1) is 0 Å². The number of aldehydes is 1. The third-order valence-electron chi connectivity index (χ3n) is 2.18. The molecule has 0 spiro atoms. The van der Waals surface area contributed by atoms with Gasteiger partial charge in [-0.2, -0.15) is 0 Å². The van der Waals surface area contributed by atoms with E-state index >= 15 is 0 Å². The highest BCUT2D eigenvalue weighted by Crippen LogP contribution is 2.30. The fourth-order valence-electron chi connectivity index (χ4n) is 1.44. The molecule has 4 nitrogen and oxygen atoms in total. The number of methoxy groups -OCH3 is 1. The van der Waals surface area contributed by atoms with Gasteiger partial charge in [-0.3, -0.25) is 4.79 Å². The summed E-state index contributed by atoms with van der Waals surface area (Å²) in [6, 6.07) is 4.41. The minimum absolute atomic E-state index is 0.301. The smallest absolute Gasteiger partial charge is 0.336 e. The molecule has 0 aliphatic heterocycles. The van der Waals surface area contributed by atoms with E-state index in [2.05, 4.69) is 15.9 Å². The first-order chi connectivity index (χ1) is 7.65. The van der Waals surface area contributed by atoms with Crippen LogP contribution in [0.15, 0.2) is 31.9 Å². The topological polar surface area (TPSA) is 56.5 Å². The molecule has 0 N–H and O–H groups in total. The van der Waals surface area contributed by atoms with Crippen LogP contribution in [-0.4, -0.2) is 13.4 Å². The summed E-state index contributed by atoms with van der Waals surface area (Å²) in [5, 5.41) is 0.572. The molecule has 1 aromatic heterocycles. The van der Waals surface area contributed by atoms with E-state index in [1.165, 1.54) is 7.11 Å². The summed E-state index contributed by atoms with van der Waals surface area (Å²) in [7, 11) is 1.51. The van der Waals surface area contributed by atoms with Crippen LogP contribution in [0.5, 0.6) is 5.75 Å². The van der Waals surface area contributed by atoms with Gasteiger partial charge in [-0.15, -0.1) is 0 Å². The fourth-order valence-corrected chi connectivity index (χ4v) is 1.95. The van der Waals surface area contributed by atoms with Crippen molar-refractivity contribution in [3.8, 4) is 5.75 Å². The van der Waals surface area contributed by atoms with Gasteiger partial charge in [0.1, 0.15) is 11.3 Å². The van der Waals surface area contributed by atoms with Crippen LogP contribution in [0.4, 0.5) is 0 Å². The van der Waals surface area contributed by atoms with Crippen molar-refractivity contribution in [2.75, 3.05) is 7.11 Å². The summed E-state index contributed by atoms with van der Waals surface area (Å²) in [5.41, 5.74) is 0.0724. The molecule has 0 amide bonds. The molecule has 16 heavy (non-hydrogen) atoms. The Balaban J connectivity index is 2.89. The number of fused-ring (bicyclic) bond motifs is 1. The van der Waals surface area contributed by atoms with E-state index in [1.54, 1.807) is 12.1 Å². The van der Waals surface area contributed by atoms with Crippen LogP contribution in [0.3, 0.4) is 0 Å². The lowest BCUT2D eigenvalue weighted by Gasteiger charge is -2.05. The van der Waals surface area contributed by atoms with Crippen molar-refractivity contribution in [3.63, 3.8) is 0 Å². The molecule has 5 heteroatoms. The minimum atomic E-state index is -0.557. The van der Waals surface area contributed by atoms with Gasteiger partial charge in [-0.25, -0.2) is 4.79 Å². The number of benzene rings is 1. The maximum Gasteiger partial charge on any atom is 0.336 e. The van der Waals surface area contributed by atoms with Gasteiger partial charge in [0.2, 0.25) is 0 Å². The Morgan fingerprint density at radius 1 is 1.38 bits per heavy atom. The molecule has 0 saturated heterocycles. The SMILES string of the molecule is COc1cc2oc(=O)cc(C=O)c2cc1Br. The molecule has 0 unspecified atom stereocenters. The Morgan fingerprint density at radius 3 is 2.75 bits per heavy atom. The molecule has 0 saturated carbocycles. The Morgan fingerprint density at radius 2 is 2.12 bits per heavy atom. The van der Waals surface area contributed by atoms with E-state index in [-0.39, 0.29) is 0 Å². The van der Waals surface area contributed by atoms with Crippen LogP contribution in [-0.2, 0) is 0 Å². The second-order valence-electron chi connectivity index (χ2n) is 3.12. The normalized spacial score (nSPS) is 10.4. The summed E-state index contributed by atoms with van der Waals surface area (Å²) in [6.07, 6.45) is 0.623. The molecule has 0 fully saturated rings. The number of halogens is 1. The summed E-state index contributed by atoms with van der Waals surface area (Å²) >= 11 is 3.30. The second kappa shape index (κ2) is 4.09. The van der Waals surface area contributed by atoms with E-state index in [0.29, 0.717) is 33.0 Å². The van der Waals surface area contributed by atoms with Crippen molar-refractivity contribution in [1.29, 1.82) is 0 Å². The average Bonchev–Trinajstić information content (AvgIpc) is 2.28.